The van der Waals surface area contributed by atoms with Crippen molar-refractivity contribution in [2.75, 3.05) is 39.4 Å². The second-order valence-corrected chi connectivity index (χ2v) is 11.9. The number of hydrogen-bond donors (Lipinski definition) is 0. The van der Waals surface area contributed by atoms with Gasteiger partial charge in [-0.2, -0.15) is 4.36 Å². The molecule has 0 bridgehead atoms. The number of methoxy groups -OCH3 is 1. The van der Waals surface area contributed by atoms with E-state index in [-0.39, 0.29) is 18.3 Å². The van der Waals surface area contributed by atoms with Crippen LogP contribution >= 0.6 is 0 Å². The van der Waals surface area contributed by atoms with E-state index in [0.29, 0.717) is 60.0 Å². The van der Waals surface area contributed by atoms with Crippen LogP contribution in [0, 0.1) is 5.82 Å². The highest BCUT2D eigenvalue weighted by Gasteiger charge is 2.49. The molecule has 2 aliphatic rings. The first-order valence-electron chi connectivity index (χ1n) is 12.0. The molecule has 3 heterocycles. The van der Waals surface area contributed by atoms with Gasteiger partial charge in [0.25, 0.3) is 0 Å². The molecule has 2 aromatic carbocycles. The zero-order valence-electron chi connectivity index (χ0n) is 21.2. The van der Waals surface area contributed by atoms with Gasteiger partial charge in [-0.3, -0.25) is 0 Å². The molecule has 1 aromatic heterocycles. The lowest BCUT2D eigenvalue weighted by Gasteiger charge is -2.20. The summed E-state index contributed by atoms with van der Waals surface area (Å²) in [5.74, 6) is 0.527. The van der Waals surface area contributed by atoms with E-state index in [9.17, 15) is 8.60 Å². The lowest BCUT2D eigenvalue weighted by Crippen LogP contribution is -2.35. The van der Waals surface area contributed by atoms with E-state index in [4.69, 9.17) is 23.7 Å². The average molecular weight is 532 g/mol. The van der Waals surface area contributed by atoms with Gasteiger partial charge in [0.1, 0.15) is 42.0 Å². The van der Waals surface area contributed by atoms with Crippen LogP contribution in [0.1, 0.15) is 18.2 Å². The lowest BCUT2D eigenvalue weighted by atomic mass is 10.0. The van der Waals surface area contributed by atoms with Gasteiger partial charge in [0, 0.05) is 53.5 Å². The Kier molecular flexibility index (Phi) is 7.30. The molecule has 0 amide bonds. The van der Waals surface area contributed by atoms with Crippen molar-refractivity contribution < 1.29 is 32.3 Å². The van der Waals surface area contributed by atoms with Crippen LogP contribution in [-0.2, 0) is 30.4 Å². The van der Waals surface area contributed by atoms with Crippen molar-refractivity contribution in [3.8, 4) is 11.5 Å². The number of halogens is 1. The van der Waals surface area contributed by atoms with Gasteiger partial charge in [0.2, 0.25) is 0 Å². The predicted octanol–water partition coefficient (Wildman–Crippen LogP) is 3.68. The van der Waals surface area contributed by atoms with Gasteiger partial charge in [-0.1, -0.05) is 6.07 Å². The summed E-state index contributed by atoms with van der Waals surface area (Å²) in [4.78, 5) is 8.93. The van der Waals surface area contributed by atoms with Crippen LogP contribution in [0.2, 0.25) is 0 Å². The highest BCUT2D eigenvalue weighted by Crippen LogP contribution is 2.36. The van der Waals surface area contributed by atoms with Crippen molar-refractivity contribution >= 4 is 26.3 Å². The Morgan fingerprint density at radius 3 is 2.57 bits per heavy atom. The summed E-state index contributed by atoms with van der Waals surface area (Å²) >= 11 is 0. The number of nitrogens with zero attached hydrogens (tertiary/aromatic N) is 3. The van der Waals surface area contributed by atoms with Crippen LogP contribution in [-0.4, -0.2) is 78.0 Å². The normalized spacial score (nSPS) is 23.3. The third kappa shape index (κ3) is 5.54. The van der Waals surface area contributed by atoms with E-state index in [0.717, 1.165) is 5.56 Å². The fourth-order valence-electron chi connectivity index (χ4n) is 4.77. The summed E-state index contributed by atoms with van der Waals surface area (Å²) in [6, 6.07) is 7.96. The average Bonchev–Trinajstić information content (AvgIpc) is 3.42. The summed E-state index contributed by atoms with van der Waals surface area (Å²) in [6.45, 7) is 3.04. The highest BCUT2D eigenvalue weighted by molar-refractivity contribution is 7.92. The van der Waals surface area contributed by atoms with Gasteiger partial charge in [-0.15, -0.1) is 0 Å². The maximum atomic E-state index is 14.3. The second-order valence-electron chi connectivity index (χ2n) is 9.32. The number of fused-ring (bicyclic) bond motifs is 2. The summed E-state index contributed by atoms with van der Waals surface area (Å²) in [6.07, 6.45) is 3.89. The van der Waals surface area contributed by atoms with Crippen molar-refractivity contribution in [1.82, 2.24) is 9.97 Å². The van der Waals surface area contributed by atoms with Crippen molar-refractivity contribution in [3.05, 3.63) is 53.7 Å². The molecule has 2 aliphatic heterocycles. The van der Waals surface area contributed by atoms with Gasteiger partial charge in [-0.05, 0) is 19.1 Å². The Morgan fingerprint density at radius 2 is 1.84 bits per heavy atom. The van der Waals surface area contributed by atoms with Gasteiger partial charge < -0.3 is 23.7 Å². The Morgan fingerprint density at radius 1 is 1.08 bits per heavy atom. The quantitative estimate of drug-likeness (QED) is 0.434. The van der Waals surface area contributed by atoms with E-state index in [1.165, 1.54) is 18.5 Å². The first-order chi connectivity index (χ1) is 17.8. The van der Waals surface area contributed by atoms with Crippen LogP contribution in [0.3, 0.4) is 0 Å². The molecule has 0 spiro atoms. The molecular weight excluding hydrogens is 501 g/mol. The second kappa shape index (κ2) is 10.5. The molecule has 2 fully saturated rings. The number of aromatic nitrogens is 2. The Bertz CT molecular complexity index is 1420. The van der Waals surface area contributed by atoms with Crippen molar-refractivity contribution in [1.29, 1.82) is 0 Å². The molecule has 0 aliphatic carbocycles. The minimum atomic E-state index is -2.37. The first kappa shape index (κ1) is 25.8. The largest absolute Gasteiger partial charge is 0.493 e. The fraction of sp³-hybridized carbons (Fsp3) is 0.462. The van der Waals surface area contributed by atoms with Crippen LogP contribution < -0.4 is 9.47 Å². The third-order valence-corrected chi connectivity index (χ3v) is 6.97. The van der Waals surface area contributed by atoms with E-state index < -0.39 is 21.7 Å². The lowest BCUT2D eigenvalue weighted by molar-refractivity contribution is -0.0139. The first-order valence-corrected chi connectivity index (χ1v) is 14.4. The maximum absolute atomic E-state index is 14.3. The van der Waals surface area contributed by atoms with Crippen LogP contribution in [0.5, 0.6) is 11.5 Å². The molecule has 5 rings (SSSR count). The topological polar surface area (TPSA) is 101 Å². The number of rotatable bonds is 8. The van der Waals surface area contributed by atoms with E-state index >= 15 is 0 Å². The smallest absolute Gasteiger partial charge is 0.151 e. The molecule has 0 radical (unpaired) electrons. The molecule has 4 atom stereocenters. The Labute approximate surface area is 215 Å². The van der Waals surface area contributed by atoms with Crippen molar-refractivity contribution in [2.45, 2.75) is 37.8 Å². The summed E-state index contributed by atoms with van der Waals surface area (Å²) in [5.41, 5.74) is 2.55. The van der Waals surface area contributed by atoms with Crippen molar-refractivity contribution in [3.63, 3.8) is 0 Å². The van der Waals surface area contributed by atoms with Gasteiger partial charge in [0.15, 0.2) is 6.10 Å². The fourth-order valence-corrected chi connectivity index (χ4v) is 5.39. The maximum Gasteiger partial charge on any atom is 0.151 e. The highest BCUT2D eigenvalue weighted by atomic mass is 32.2. The summed E-state index contributed by atoms with van der Waals surface area (Å²) in [7, 11) is -0.747. The Hall–Kier alpha value is -2.86. The SMILES string of the molecule is CCOc1cc(N=S(C)(C)=O)cc2ncnc(Cc3ccc(F)cc3O[C@@H]3CO[C@H]4[C@@H]3OC[C@H]4OC)c12. The molecular formula is C26H30FN3O6S. The number of ether oxygens (including phenoxy) is 5. The molecule has 198 valence electrons. The summed E-state index contributed by atoms with van der Waals surface area (Å²) in [5, 5.41) is 0.712. The van der Waals surface area contributed by atoms with E-state index in [1.54, 1.807) is 37.8 Å². The molecule has 37 heavy (non-hydrogen) atoms. The molecule has 2 saturated heterocycles. The standard InChI is InChI=1S/C26H30FN3O6S/c1-5-33-21-11-17(30-37(3,4)31)10-19-24(21)18(28-14-29-19)8-15-6-7-16(27)9-20(15)36-23-13-35-25-22(32-2)12-34-26(23)25/h6-7,9-11,14,22-23,25-26H,5,8,12-13H2,1-4H3/t22-,23-,25-,26-/m1/s1. The molecule has 0 N–H and O–H groups in total. The van der Waals surface area contributed by atoms with Gasteiger partial charge >= 0.3 is 0 Å². The van der Waals surface area contributed by atoms with E-state index in [2.05, 4.69) is 14.3 Å². The molecule has 11 heteroatoms. The zero-order chi connectivity index (χ0) is 26.2. The van der Waals surface area contributed by atoms with Crippen LogP contribution in [0.4, 0.5) is 10.1 Å². The van der Waals surface area contributed by atoms with Crippen molar-refractivity contribution in [2.24, 2.45) is 4.36 Å². The zero-order valence-corrected chi connectivity index (χ0v) is 22.0. The monoisotopic (exact) mass is 531 g/mol. The molecule has 0 saturated carbocycles. The molecule has 0 unspecified atom stereocenters. The number of hydrogen-bond acceptors (Lipinski definition) is 9. The van der Waals surface area contributed by atoms with Crippen LogP contribution in [0.15, 0.2) is 41.0 Å². The number of benzene rings is 2. The minimum absolute atomic E-state index is 0.152. The molecule has 3 aromatic rings. The predicted molar refractivity (Wildman–Crippen MR) is 137 cm³/mol. The minimum Gasteiger partial charge on any atom is -0.493 e. The summed E-state index contributed by atoms with van der Waals surface area (Å²) < 4.78 is 60.2. The molecule has 9 nitrogen and oxygen atoms in total. The van der Waals surface area contributed by atoms with Crippen LogP contribution in [0.25, 0.3) is 10.9 Å². The third-order valence-electron chi connectivity index (χ3n) is 6.32. The van der Waals surface area contributed by atoms with Gasteiger partial charge in [0.05, 0.1) is 42.1 Å². The Balaban J connectivity index is 1.50. The van der Waals surface area contributed by atoms with Gasteiger partial charge in [-0.25, -0.2) is 18.6 Å². The van der Waals surface area contributed by atoms with E-state index in [1.807, 2.05) is 6.92 Å².